The maximum atomic E-state index is 5.45. The molecule has 1 aromatic heterocycles. The van der Waals surface area contributed by atoms with E-state index in [2.05, 4.69) is 29.0 Å². The molecule has 1 aromatic carbocycles. The zero-order valence-corrected chi connectivity index (χ0v) is 10.1. The van der Waals surface area contributed by atoms with Gasteiger partial charge in [-0.05, 0) is 31.2 Å². The second-order valence-electron chi connectivity index (χ2n) is 3.24. The molecule has 5 heteroatoms. The number of nitrogens with zero attached hydrogens (tertiary/aromatic N) is 1. The Morgan fingerprint density at radius 1 is 1.33 bits per heavy atom. The number of aryl methyl sites for hydroxylation is 1. The molecular formula is C10H15Cl2N3. The SMILES string of the molecule is Cc1ccc2nc(CCN)[nH]c2c1.Cl.Cl. The summed E-state index contributed by atoms with van der Waals surface area (Å²) in [5.41, 5.74) is 8.82. The molecule has 0 radical (unpaired) electrons. The lowest BCUT2D eigenvalue weighted by molar-refractivity contribution is 0.900. The molecule has 84 valence electrons. The molecule has 0 bridgehead atoms. The number of benzene rings is 1. The summed E-state index contributed by atoms with van der Waals surface area (Å²) in [5, 5.41) is 0. The summed E-state index contributed by atoms with van der Waals surface area (Å²) in [5.74, 6) is 0.975. The molecule has 15 heavy (non-hydrogen) atoms. The van der Waals surface area contributed by atoms with Crippen LogP contribution in [0.25, 0.3) is 11.0 Å². The van der Waals surface area contributed by atoms with E-state index in [-0.39, 0.29) is 24.8 Å². The number of aromatic nitrogens is 2. The average molecular weight is 248 g/mol. The van der Waals surface area contributed by atoms with Crippen LogP contribution in [0.4, 0.5) is 0 Å². The van der Waals surface area contributed by atoms with Gasteiger partial charge >= 0.3 is 0 Å². The first-order chi connectivity index (χ1) is 6.29. The first-order valence-corrected chi connectivity index (χ1v) is 4.45. The molecule has 0 saturated carbocycles. The van der Waals surface area contributed by atoms with E-state index >= 15 is 0 Å². The van der Waals surface area contributed by atoms with Gasteiger partial charge in [0.1, 0.15) is 5.82 Å². The highest BCUT2D eigenvalue weighted by Crippen LogP contribution is 2.12. The molecule has 0 atom stereocenters. The van der Waals surface area contributed by atoms with Crippen LogP contribution < -0.4 is 5.73 Å². The Morgan fingerprint density at radius 3 is 2.73 bits per heavy atom. The van der Waals surface area contributed by atoms with Gasteiger partial charge in [-0.3, -0.25) is 0 Å². The molecule has 3 nitrogen and oxygen atoms in total. The van der Waals surface area contributed by atoms with Gasteiger partial charge in [0.25, 0.3) is 0 Å². The number of fused-ring (bicyclic) bond motifs is 1. The molecular weight excluding hydrogens is 233 g/mol. The lowest BCUT2D eigenvalue weighted by atomic mass is 10.2. The molecule has 0 saturated heterocycles. The highest BCUT2D eigenvalue weighted by molar-refractivity contribution is 5.85. The number of H-pyrrole nitrogens is 1. The van der Waals surface area contributed by atoms with Crippen LogP contribution in [-0.4, -0.2) is 16.5 Å². The van der Waals surface area contributed by atoms with Gasteiger partial charge in [-0.1, -0.05) is 6.07 Å². The fourth-order valence-electron chi connectivity index (χ4n) is 1.43. The molecule has 0 aliphatic heterocycles. The maximum absolute atomic E-state index is 5.45. The van der Waals surface area contributed by atoms with Gasteiger partial charge in [-0.2, -0.15) is 0 Å². The normalized spacial score (nSPS) is 9.47. The van der Waals surface area contributed by atoms with Crippen molar-refractivity contribution in [2.75, 3.05) is 6.54 Å². The van der Waals surface area contributed by atoms with E-state index < -0.39 is 0 Å². The monoisotopic (exact) mass is 247 g/mol. The standard InChI is InChI=1S/C10H13N3.2ClH/c1-7-2-3-8-9(6-7)13-10(12-8)4-5-11;;/h2-3,6H,4-5,11H2,1H3,(H,12,13);2*1H. The Balaban J connectivity index is 0.000000980. The third-order valence-corrected chi connectivity index (χ3v) is 2.07. The summed E-state index contributed by atoms with van der Waals surface area (Å²) in [7, 11) is 0. The van der Waals surface area contributed by atoms with E-state index in [0.717, 1.165) is 23.3 Å². The maximum Gasteiger partial charge on any atom is 0.108 e. The second kappa shape index (κ2) is 5.95. The molecule has 0 amide bonds. The summed E-state index contributed by atoms with van der Waals surface area (Å²) in [4.78, 5) is 7.65. The number of halogens is 2. The number of aromatic amines is 1. The second-order valence-corrected chi connectivity index (χ2v) is 3.24. The molecule has 2 rings (SSSR count). The van der Waals surface area contributed by atoms with Gasteiger partial charge in [-0.25, -0.2) is 4.98 Å². The van der Waals surface area contributed by atoms with Crippen molar-refractivity contribution < 1.29 is 0 Å². The lowest BCUT2D eigenvalue weighted by Gasteiger charge is -1.89. The number of rotatable bonds is 2. The van der Waals surface area contributed by atoms with Crippen LogP contribution in [0, 0.1) is 6.92 Å². The highest BCUT2D eigenvalue weighted by atomic mass is 35.5. The van der Waals surface area contributed by atoms with Crippen molar-refractivity contribution in [3.63, 3.8) is 0 Å². The van der Waals surface area contributed by atoms with Gasteiger partial charge in [0.2, 0.25) is 0 Å². The van der Waals surface area contributed by atoms with Gasteiger partial charge in [-0.15, -0.1) is 24.8 Å². The summed E-state index contributed by atoms with van der Waals surface area (Å²) < 4.78 is 0. The highest BCUT2D eigenvalue weighted by Gasteiger charge is 2.00. The van der Waals surface area contributed by atoms with E-state index in [1.807, 2.05) is 6.07 Å². The predicted octanol–water partition coefficient (Wildman–Crippen LogP) is 2.22. The number of nitrogens with one attached hydrogen (secondary N) is 1. The minimum atomic E-state index is 0. The molecule has 0 aliphatic carbocycles. The summed E-state index contributed by atoms with van der Waals surface area (Å²) >= 11 is 0. The molecule has 0 spiro atoms. The van der Waals surface area contributed by atoms with Crippen molar-refractivity contribution in [3.8, 4) is 0 Å². The number of imidazole rings is 1. The third kappa shape index (κ3) is 3.09. The lowest BCUT2D eigenvalue weighted by Crippen LogP contribution is -2.03. The zero-order chi connectivity index (χ0) is 9.26. The first kappa shape index (κ1) is 14.2. The molecule has 0 fully saturated rings. The number of hydrogen-bond donors (Lipinski definition) is 2. The first-order valence-electron chi connectivity index (χ1n) is 4.45. The van der Waals surface area contributed by atoms with Crippen LogP contribution in [0.5, 0.6) is 0 Å². The zero-order valence-electron chi connectivity index (χ0n) is 8.49. The summed E-state index contributed by atoms with van der Waals surface area (Å²) in [6.45, 7) is 2.71. The quantitative estimate of drug-likeness (QED) is 0.856. The minimum Gasteiger partial charge on any atom is -0.342 e. The van der Waals surface area contributed by atoms with Gasteiger partial charge in [0, 0.05) is 6.42 Å². The van der Waals surface area contributed by atoms with Crippen LogP contribution in [0.3, 0.4) is 0 Å². The summed E-state index contributed by atoms with van der Waals surface area (Å²) in [6, 6.07) is 6.19. The number of hydrogen-bond acceptors (Lipinski definition) is 2. The predicted molar refractivity (Wildman–Crippen MR) is 68.1 cm³/mol. The topological polar surface area (TPSA) is 54.7 Å². The van der Waals surface area contributed by atoms with Crippen molar-refractivity contribution >= 4 is 35.8 Å². The fraction of sp³-hybridized carbons (Fsp3) is 0.300. The molecule has 2 aromatic rings. The van der Waals surface area contributed by atoms with E-state index in [0.29, 0.717) is 6.54 Å². The van der Waals surface area contributed by atoms with Crippen LogP contribution in [-0.2, 0) is 6.42 Å². The van der Waals surface area contributed by atoms with E-state index in [9.17, 15) is 0 Å². The molecule has 0 unspecified atom stereocenters. The Bertz CT molecular complexity index is 426. The van der Waals surface area contributed by atoms with E-state index in [1.165, 1.54) is 5.56 Å². The van der Waals surface area contributed by atoms with Crippen LogP contribution >= 0.6 is 24.8 Å². The van der Waals surface area contributed by atoms with Crippen LogP contribution in [0.2, 0.25) is 0 Å². The fourth-order valence-corrected chi connectivity index (χ4v) is 1.43. The molecule has 1 heterocycles. The van der Waals surface area contributed by atoms with Crippen molar-refractivity contribution in [2.24, 2.45) is 5.73 Å². The van der Waals surface area contributed by atoms with Crippen molar-refractivity contribution in [1.29, 1.82) is 0 Å². The Hall–Kier alpha value is -0.770. The average Bonchev–Trinajstić information content (AvgIpc) is 2.46. The van der Waals surface area contributed by atoms with Crippen molar-refractivity contribution in [3.05, 3.63) is 29.6 Å². The largest absolute Gasteiger partial charge is 0.342 e. The Morgan fingerprint density at radius 2 is 2.07 bits per heavy atom. The van der Waals surface area contributed by atoms with Gasteiger partial charge in [0.15, 0.2) is 0 Å². The minimum absolute atomic E-state index is 0. The van der Waals surface area contributed by atoms with E-state index in [4.69, 9.17) is 5.73 Å². The summed E-state index contributed by atoms with van der Waals surface area (Å²) in [6.07, 6.45) is 0.813. The molecule has 3 N–H and O–H groups in total. The van der Waals surface area contributed by atoms with E-state index in [1.54, 1.807) is 0 Å². The third-order valence-electron chi connectivity index (χ3n) is 2.07. The smallest absolute Gasteiger partial charge is 0.108 e. The van der Waals surface area contributed by atoms with Gasteiger partial charge in [0.05, 0.1) is 11.0 Å². The van der Waals surface area contributed by atoms with Crippen molar-refractivity contribution in [1.82, 2.24) is 9.97 Å². The van der Waals surface area contributed by atoms with Crippen molar-refractivity contribution in [2.45, 2.75) is 13.3 Å². The van der Waals surface area contributed by atoms with Gasteiger partial charge < -0.3 is 10.7 Å². The molecule has 0 aliphatic rings. The Kier molecular flexibility index (Phi) is 5.65. The Labute approximate surface area is 101 Å². The number of nitrogens with two attached hydrogens (primary N) is 1. The van der Waals surface area contributed by atoms with Crippen LogP contribution in [0.15, 0.2) is 18.2 Å². The van der Waals surface area contributed by atoms with Crippen LogP contribution in [0.1, 0.15) is 11.4 Å².